The smallest absolute Gasteiger partial charge is 0.0397 e. The van der Waals surface area contributed by atoms with Gasteiger partial charge in [-0.2, -0.15) is 0 Å². The molecule has 0 rings (SSSR count). The highest BCUT2D eigenvalue weighted by Gasteiger charge is 1.71. The molecule has 0 unspecified atom stereocenters. The lowest BCUT2D eigenvalue weighted by Gasteiger charge is -1.77. The minimum Gasteiger partial charge on any atom is -0.293 e. The molecule has 0 heterocycles. The van der Waals surface area contributed by atoms with Gasteiger partial charge in [0.05, 0.1) is 0 Å². The largest absolute Gasteiger partial charge is 0.293 e. The maximum absolute atomic E-state index is 3.86. The molecule has 0 aliphatic rings. The van der Waals surface area contributed by atoms with Gasteiger partial charge < -0.3 is 0 Å². The Morgan fingerprint density at radius 3 is 2.75 bits per heavy atom. The maximum Gasteiger partial charge on any atom is 0.0397 e. The summed E-state index contributed by atoms with van der Waals surface area (Å²) in [6.07, 6.45) is 1.73. The Balaban J connectivity index is 4.11. The normalized spacial score (nSPS) is 9.50. The van der Waals surface area contributed by atoms with Crippen LogP contribution in [0.5, 0.6) is 0 Å². The number of aliphatic imine (C=N–C) groups is 1. The third-order valence-corrected chi connectivity index (χ3v) is 0.736. The fourth-order valence-electron chi connectivity index (χ4n) is 0.220. The summed E-state index contributed by atoms with van der Waals surface area (Å²) in [5, 5.41) is 0. The Labute approximate surface area is 49.8 Å². The molecular formula is C7H9N. The maximum atomic E-state index is 3.86. The van der Waals surface area contributed by atoms with E-state index in [4.69, 9.17) is 0 Å². The number of allylic oxidation sites excluding steroid dienone is 1. The lowest BCUT2D eigenvalue weighted by molar-refractivity contribution is 1.43. The van der Waals surface area contributed by atoms with Gasteiger partial charge in [-0.25, -0.2) is 0 Å². The van der Waals surface area contributed by atoms with Crippen molar-refractivity contribution in [1.82, 2.24) is 0 Å². The summed E-state index contributed by atoms with van der Waals surface area (Å²) in [6, 6.07) is 0. The third kappa shape index (κ3) is 3.17. The van der Waals surface area contributed by atoms with Crippen LogP contribution in [0.25, 0.3) is 0 Å². The quantitative estimate of drug-likeness (QED) is 0.356. The van der Waals surface area contributed by atoms with Gasteiger partial charge in [-0.3, -0.25) is 4.99 Å². The monoisotopic (exact) mass is 107 g/mol. The predicted octanol–water partition coefficient (Wildman–Crippen LogP) is 1.57. The first kappa shape index (κ1) is 6.97. The SMILES string of the molecule is C=C=C=C/C(C)=N\C. The number of hydrogen-bond donors (Lipinski definition) is 0. The summed E-state index contributed by atoms with van der Waals surface area (Å²) in [5.74, 6) is 0. The summed E-state index contributed by atoms with van der Waals surface area (Å²) in [4.78, 5) is 3.86. The van der Waals surface area contributed by atoms with Crippen LogP contribution in [0, 0.1) is 0 Å². The van der Waals surface area contributed by atoms with Gasteiger partial charge in [0.1, 0.15) is 0 Å². The average molecular weight is 107 g/mol. The average Bonchev–Trinajstić information content (AvgIpc) is 1.83. The minimum absolute atomic E-state index is 0.932. The Morgan fingerprint density at radius 2 is 2.38 bits per heavy atom. The van der Waals surface area contributed by atoms with E-state index in [0.29, 0.717) is 0 Å². The van der Waals surface area contributed by atoms with Crippen LogP contribution in [0.15, 0.2) is 29.1 Å². The van der Waals surface area contributed by atoms with Crippen molar-refractivity contribution in [3.63, 3.8) is 0 Å². The van der Waals surface area contributed by atoms with Gasteiger partial charge in [0.15, 0.2) is 0 Å². The van der Waals surface area contributed by atoms with Crippen molar-refractivity contribution in [2.75, 3.05) is 7.05 Å². The first-order valence-electron chi connectivity index (χ1n) is 2.35. The molecule has 1 heteroatoms. The van der Waals surface area contributed by atoms with E-state index in [1.165, 1.54) is 0 Å². The van der Waals surface area contributed by atoms with E-state index in [1.807, 2.05) is 6.92 Å². The van der Waals surface area contributed by atoms with Crippen LogP contribution in [0.4, 0.5) is 0 Å². The molecule has 0 spiro atoms. The van der Waals surface area contributed by atoms with Crippen molar-refractivity contribution in [1.29, 1.82) is 0 Å². The number of hydrogen-bond acceptors (Lipinski definition) is 1. The Kier molecular flexibility index (Phi) is 3.60. The van der Waals surface area contributed by atoms with E-state index in [2.05, 4.69) is 23.0 Å². The Morgan fingerprint density at radius 1 is 1.75 bits per heavy atom. The lowest BCUT2D eigenvalue weighted by atomic mass is 10.4. The molecule has 0 atom stereocenters. The fraction of sp³-hybridized carbons (Fsp3) is 0.286. The molecule has 8 heavy (non-hydrogen) atoms. The molecule has 0 aliphatic carbocycles. The molecule has 0 saturated heterocycles. The second kappa shape index (κ2) is 4.14. The molecule has 0 aromatic rings. The second-order valence-corrected chi connectivity index (χ2v) is 1.33. The molecule has 0 aliphatic heterocycles. The lowest BCUT2D eigenvalue weighted by Crippen LogP contribution is -1.78. The van der Waals surface area contributed by atoms with E-state index >= 15 is 0 Å². The van der Waals surface area contributed by atoms with E-state index < -0.39 is 0 Å². The van der Waals surface area contributed by atoms with Crippen molar-refractivity contribution in [2.24, 2.45) is 4.99 Å². The zero-order valence-corrected chi connectivity index (χ0v) is 5.23. The fourth-order valence-corrected chi connectivity index (χ4v) is 0.220. The topological polar surface area (TPSA) is 12.4 Å². The molecule has 0 radical (unpaired) electrons. The number of rotatable bonds is 1. The van der Waals surface area contributed by atoms with Gasteiger partial charge in [-0.1, -0.05) is 11.5 Å². The predicted molar refractivity (Wildman–Crippen MR) is 36.3 cm³/mol. The van der Waals surface area contributed by atoms with Crippen LogP contribution in [0.2, 0.25) is 0 Å². The zero-order chi connectivity index (χ0) is 6.41. The standard InChI is InChI=1S/C7H9N/c1-4-5-6-7(2)8-3/h6H,1H2,2-3H3/b8-7-. The van der Waals surface area contributed by atoms with Crippen molar-refractivity contribution in [3.8, 4) is 0 Å². The zero-order valence-electron chi connectivity index (χ0n) is 5.23. The van der Waals surface area contributed by atoms with Gasteiger partial charge in [0.2, 0.25) is 0 Å². The first-order chi connectivity index (χ1) is 3.81. The van der Waals surface area contributed by atoms with Crippen LogP contribution in [-0.4, -0.2) is 12.8 Å². The van der Waals surface area contributed by atoms with Gasteiger partial charge in [0, 0.05) is 18.8 Å². The molecule has 0 aromatic heterocycles. The van der Waals surface area contributed by atoms with Crippen molar-refractivity contribution >= 4 is 5.71 Å². The summed E-state index contributed by atoms with van der Waals surface area (Å²) < 4.78 is 0. The summed E-state index contributed by atoms with van der Waals surface area (Å²) >= 11 is 0. The molecule has 0 N–H and O–H groups in total. The van der Waals surface area contributed by atoms with E-state index in [1.54, 1.807) is 13.1 Å². The summed E-state index contributed by atoms with van der Waals surface area (Å²) in [6.45, 7) is 5.24. The molecular weight excluding hydrogens is 98.1 g/mol. The molecule has 0 fully saturated rings. The van der Waals surface area contributed by atoms with Crippen LogP contribution in [0.1, 0.15) is 6.92 Å². The van der Waals surface area contributed by atoms with E-state index in [-0.39, 0.29) is 0 Å². The van der Waals surface area contributed by atoms with Crippen LogP contribution in [-0.2, 0) is 0 Å². The van der Waals surface area contributed by atoms with E-state index in [9.17, 15) is 0 Å². The molecule has 1 nitrogen and oxygen atoms in total. The van der Waals surface area contributed by atoms with Crippen molar-refractivity contribution in [2.45, 2.75) is 6.92 Å². The highest BCUT2D eigenvalue weighted by molar-refractivity contribution is 5.92. The Bertz CT molecular complexity index is 165. The molecule has 0 saturated carbocycles. The van der Waals surface area contributed by atoms with E-state index in [0.717, 1.165) is 5.71 Å². The highest BCUT2D eigenvalue weighted by Crippen LogP contribution is 1.73. The van der Waals surface area contributed by atoms with Crippen LogP contribution in [0.3, 0.4) is 0 Å². The summed E-state index contributed by atoms with van der Waals surface area (Å²) in [7, 11) is 1.73. The van der Waals surface area contributed by atoms with Gasteiger partial charge in [-0.15, -0.1) is 0 Å². The van der Waals surface area contributed by atoms with Gasteiger partial charge in [0.25, 0.3) is 0 Å². The second-order valence-electron chi connectivity index (χ2n) is 1.33. The van der Waals surface area contributed by atoms with Gasteiger partial charge >= 0.3 is 0 Å². The molecule has 42 valence electrons. The Hall–Kier alpha value is -1.03. The third-order valence-electron chi connectivity index (χ3n) is 0.736. The van der Waals surface area contributed by atoms with Crippen molar-refractivity contribution < 1.29 is 0 Å². The van der Waals surface area contributed by atoms with Crippen LogP contribution >= 0.6 is 0 Å². The molecule has 0 amide bonds. The minimum atomic E-state index is 0.932. The van der Waals surface area contributed by atoms with Gasteiger partial charge in [-0.05, 0) is 13.5 Å². The first-order valence-corrected chi connectivity index (χ1v) is 2.35. The van der Waals surface area contributed by atoms with Crippen LogP contribution < -0.4 is 0 Å². The summed E-state index contributed by atoms with van der Waals surface area (Å²) in [5.41, 5.74) is 6.11. The molecule has 0 aromatic carbocycles. The van der Waals surface area contributed by atoms with Crippen molar-refractivity contribution in [3.05, 3.63) is 24.1 Å². The molecule has 0 bridgehead atoms. The highest BCUT2D eigenvalue weighted by atomic mass is 14.7. The number of nitrogens with zero attached hydrogens (tertiary/aromatic N) is 1.